The number of hydrogen-bond acceptors (Lipinski definition) is 2. The molecule has 0 spiro atoms. The van der Waals surface area contributed by atoms with Crippen molar-refractivity contribution in [1.29, 1.82) is 0 Å². The van der Waals surface area contributed by atoms with Gasteiger partial charge in [-0.2, -0.15) is 0 Å². The van der Waals surface area contributed by atoms with Crippen LogP contribution in [-0.2, 0) is 0 Å². The molecule has 0 N–H and O–H groups in total. The maximum atomic E-state index is 2.31. The Bertz CT molecular complexity index is 1150. The van der Waals surface area contributed by atoms with Gasteiger partial charge in [-0.25, -0.2) is 0 Å². The summed E-state index contributed by atoms with van der Waals surface area (Å²) in [6.45, 7) is 4.61. The van der Waals surface area contributed by atoms with Crippen LogP contribution in [0.4, 0.5) is 0 Å². The molecule has 4 aromatic rings. The van der Waals surface area contributed by atoms with Crippen LogP contribution in [0.15, 0.2) is 48.5 Å². The van der Waals surface area contributed by atoms with Gasteiger partial charge in [0.15, 0.2) is 0 Å². The molecule has 26 heavy (non-hydrogen) atoms. The zero-order valence-corrected chi connectivity index (χ0v) is 16.9. The second-order valence-corrected chi connectivity index (χ2v) is 9.55. The summed E-state index contributed by atoms with van der Waals surface area (Å²) in [4.78, 5) is 3.00. The van der Waals surface area contributed by atoms with Crippen molar-refractivity contribution in [3.8, 4) is 0 Å². The van der Waals surface area contributed by atoms with Gasteiger partial charge in [0.05, 0.1) is 0 Å². The molecule has 0 radical (unpaired) electrons. The van der Waals surface area contributed by atoms with Crippen LogP contribution in [0.1, 0.15) is 46.6 Å². The van der Waals surface area contributed by atoms with E-state index in [9.17, 15) is 0 Å². The standard InChI is InChI=1S/C24H22S2/c1-15-17-9-5-7-13-21(17)26-24(15)19-11-4-3-10-18(19)23-16(2)25-22-14-8-6-12-20(22)23/h5-9,12-14H,3-4,10-11H2,1-2H3. The highest BCUT2D eigenvalue weighted by Gasteiger charge is 2.23. The monoisotopic (exact) mass is 374 g/mol. The molecule has 0 amide bonds. The number of fused-ring (bicyclic) bond motifs is 2. The average Bonchev–Trinajstić information content (AvgIpc) is 3.18. The summed E-state index contributed by atoms with van der Waals surface area (Å²) < 4.78 is 2.84. The van der Waals surface area contributed by atoms with Gasteiger partial charge in [-0.05, 0) is 79.3 Å². The molecule has 1 aliphatic carbocycles. The Hall–Kier alpha value is -1.90. The van der Waals surface area contributed by atoms with Crippen LogP contribution >= 0.6 is 22.7 Å². The van der Waals surface area contributed by atoms with Crippen molar-refractivity contribution >= 4 is 54.0 Å². The lowest BCUT2D eigenvalue weighted by atomic mass is 9.84. The first kappa shape index (κ1) is 16.3. The van der Waals surface area contributed by atoms with Crippen LogP contribution in [0.25, 0.3) is 31.3 Å². The Morgan fingerprint density at radius 1 is 0.692 bits per heavy atom. The summed E-state index contributed by atoms with van der Waals surface area (Å²) in [5.74, 6) is 0. The van der Waals surface area contributed by atoms with E-state index in [1.54, 1.807) is 11.1 Å². The molecule has 5 rings (SSSR count). The fourth-order valence-electron chi connectivity index (χ4n) is 4.44. The maximum Gasteiger partial charge on any atom is 0.0352 e. The molecule has 2 aromatic heterocycles. The lowest BCUT2D eigenvalue weighted by molar-refractivity contribution is 0.754. The third-order valence-electron chi connectivity index (χ3n) is 5.66. The zero-order valence-electron chi connectivity index (χ0n) is 15.3. The third kappa shape index (κ3) is 2.47. The van der Waals surface area contributed by atoms with Crippen LogP contribution in [0.2, 0.25) is 0 Å². The first-order valence-corrected chi connectivity index (χ1v) is 11.1. The van der Waals surface area contributed by atoms with Crippen molar-refractivity contribution in [1.82, 2.24) is 0 Å². The molecule has 2 aromatic carbocycles. The summed E-state index contributed by atoms with van der Waals surface area (Å²) in [7, 11) is 0. The Kier molecular flexibility index (Phi) is 3.99. The van der Waals surface area contributed by atoms with Crippen LogP contribution in [-0.4, -0.2) is 0 Å². The molecule has 2 heterocycles. The SMILES string of the molecule is Cc1sc2ccccc2c1C1=C(c2sc3ccccc3c2C)CCCC1. The van der Waals surface area contributed by atoms with E-state index in [1.165, 1.54) is 66.7 Å². The molecule has 130 valence electrons. The molecule has 1 aliphatic rings. The molecule has 0 unspecified atom stereocenters. The predicted molar refractivity (Wildman–Crippen MR) is 118 cm³/mol. The zero-order chi connectivity index (χ0) is 17.7. The predicted octanol–water partition coefficient (Wildman–Crippen LogP) is 8.22. The van der Waals surface area contributed by atoms with Crippen molar-refractivity contribution in [2.45, 2.75) is 39.5 Å². The summed E-state index contributed by atoms with van der Waals surface area (Å²) in [6.07, 6.45) is 5.05. The van der Waals surface area contributed by atoms with Crippen LogP contribution in [0.3, 0.4) is 0 Å². The van der Waals surface area contributed by atoms with Gasteiger partial charge in [0.2, 0.25) is 0 Å². The molecule has 0 fully saturated rings. The largest absolute Gasteiger partial charge is 0.140 e. The van der Waals surface area contributed by atoms with E-state index in [2.05, 4.69) is 62.4 Å². The molecular weight excluding hydrogens is 352 g/mol. The highest BCUT2D eigenvalue weighted by atomic mass is 32.1. The van der Waals surface area contributed by atoms with Crippen molar-refractivity contribution in [3.63, 3.8) is 0 Å². The molecule has 0 aliphatic heterocycles. The number of benzene rings is 2. The van der Waals surface area contributed by atoms with Crippen LogP contribution < -0.4 is 0 Å². The first-order valence-electron chi connectivity index (χ1n) is 9.43. The highest BCUT2D eigenvalue weighted by molar-refractivity contribution is 7.20. The van der Waals surface area contributed by atoms with Gasteiger partial charge in [-0.1, -0.05) is 36.4 Å². The number of hydrogen-bond donors (Lipinski definition) is 0. The van der Waals surface area contributed by atoms with E-state index < -0.39 is 0 Å². The van der Waals surface area contributed by atoms with Crippen LogP contribution in [0.5, 0.6) is 0 Å². The lowest BCUT2D eigenvalue weighted by Crippen LogP contribution is -1.99. The normalized spacial score (nSPS) is 15.3. The smallest absolute Gasteiger partial charge is 0.0352 e. The van der Waals surface area contributed by atoms with Crippen molar-refractivity contribution in [2.75, 3.05) is 0 Å². The molecule has 0 atom stereocenters. The Balaban J connectivity index is 1.80. The minimum absolute atomic E-state index is 1.21. The highest BCUT2D eigenvalue weighted by Crippen LogP contribution is 2.47. The number of aryl methyl sites for hydroxylation is 2. The van der Waals surface area contributed by atoms with E-state index in [0.717, 1.165) is 0 Å². The maximum absolute atomic E-state index is 2.31. The quantitative estimate of drug-likeness (QED) is 0.331. The molecular formula is C24H22S2. The fourth-order valence-corrected chi connectivity index (χ4v) is 6.84. The van der Waals surface area contributed by atoms with E-state index in [4.69, 9.17) is 0 Å². The van der Waals surface area contributed by atoms with Crippen molar-refractivity contribution < 1.29 is 0 Å². The average molecular weight is 375 g/mol. The fraction of sp³-hybridized carbons (Fsp3) is 0.250. The molecule has 2 heteroatoms. The Morgan fingerprint density at radius 2 is 1.31 bits per heavy atom. The topological polar surface area (TPSA) is 0 Å². The summed E-state index contributed by atoms with van der Waals surface area (Å²) in [5, 5.41) is 2.87. The van der Waals surface area contributed by atoms with Crippen LogP contribution in [0, 0.1) is 13.8 Å². The Morgan fingerprint density at radius 3 is 2.04 bits per heavy atom. The number of allylic oxidation sites excluding steroid dienone is 2. The van der Waals surface area contributed by atoms with E-state index >= 15 is 0 Å². The summed E-state index contributed by atoms with van der Waals surface area (Å²) >= 11 is 3.94. The van der Waals surface area contributed by atoms with E-state index in [-0.39, 0.29) is 0 Å². The van der Waals surface area contributed by atoms with Crippen molar-refractivity contribution in [2.24, 2.45) is 0 Å². The van der Waals surface area contributed by atoms with E-state index in [1.807, 2.05) is 22.7 Å². The van der Waals surface area contributed by atoms with Gasteiger partial charge in [0, 0.05) is 24.5 Å². The molecule has 0 bridgehead atoms. The van der Waals surface area contributed by atoms with Gasteiger partial charge in [0.25, 0.3) is 0 Å². The minimum Gasteiger partial charge on any atom is -0.140 e. The van der Waals surface area contributed by atoms with Gasteiger partial charge < -0.3 is 0 Å². The first-order chi connectivity index (χ1) is 12.7. The molecule has 0 saturated heterocycles. The summed E-state index contributed by atoms with van der Waals surface area (Å²) in [6, 6.07) is 17.8. The number of rotatable bonds is 2. The molecule has 0 saturated carbocycles. The number of thiophene rings is 2. The lowest BCUT2D eigenvalue weighted by Gasteiger charge is -2.21. The van der Waals surface area contributed by atoms with Gasteiger partial charge in [-0.3, -0.25) is 0 Å². The van der Waals surface area contributed by atoms with Gasteiger partial charge in [0.1, 0.15) is 0 Å². The molecule has 0 nitrogen and oxygen atoms in total. The van der Waals surface area contributed by atoms with Crippen molar-refractivity contribution in [3.05, 3.63) is 69.4 Å². The summed E-state index contributed by atoms with van der Waals surface area (Å²) in [5.41, 5.74) is 6.22. The second-order valence-electron chi connectivity index (χ2n) is 7.25. The Labute approximate surface area is 162 Å². The third-order valence-corrected chi connectivity index (χ3v) is 8.08. The minimum atomic E-state index is 1.21. The van der Waals surface area contributed by atoms with Gasteiger partial charge in [-0.15, -0.1) is 22.7 Å². The van der Waals surface area contributed by atoms with Gasteiger partial charge >= 0.3 is 0 Å². The van der Waals surface area contributed by atoms with E-state index in [0.29, 0.717) is 0 Å². The second kappa shape index (κ2) is 6.37.